The van der Waals surface area contributed by atoms with E-state index >= 15 is 0 Å². The van der Waals surface area contributed by atoms with Crippen molar-refractivity contribution in [2.75, 3.05) is 46.0 Å². The number of nitrogens with zero attached hydrogens (tertiary/aromatic N) is 3. The minimum Gasteiger partial charge on any atom is -0.308 e. The van der Waals surface area contributed by atoms with Gasteiger partial charge < -0.3 is 4.90 Å². The Morgan fingerprint density at radius 1 is 1.17 bits per heavy atom. The van der Waals surface area contributed by atoms with Gasteiger partial charge in [-0.3, -0.25) is 4.90 Å². The summed E-state index contributed by atoms with van der Waals surface area (Å²) in [6.07, 6.45) is 0. The van der Waals surface area contributed by atoms with Crippen LogP contribution in [0.25, 0.3) is 0 Å². The van der Waals surface area contributed by atoms with Crippen molar-refractivity contribution in [3.8, 4) is 0 Å². The molecule has 2 unspecified atom stereocenters. The van der Waals surface area contributed by atoms with E-state index in [1.165, 1.54) is 0 Å². The van der Waals surface area contributed by atoms with Crippen LogP contribution in [0.2, 0.25) is 0 Å². The predicted octanol–water partition coefficient (Wildman–Crippen LogP) is 0.292. The Kier molecular flexibility index (Phi) is 5.58. The lowest BCUT2D eigenvalue weighted by Crippen LogP contribution is -2.59. The van der Waals surface area contributed by atoms with Crippen LogP contribution in [-0.2, 0) is 10.0 Å². The van der Waals surface area contributed by atoms with Gasteiger partial charge >= 0.3 is 0 Å². The lowest BCUT2D eigenvalue weighted by molar-refractivity contribution is 0.0709. The van der Waals surface area contributed by atoms with Crippen LogP contribution in [0.15, 0.2) is 0 Å². The first-order chi connectivity index (χ1) is 8.27. The fourth-order valence-corrected chi connectivity index (χ4v) is 3.72. The van der Waals surface area contributed by atoms with Gasteiger partial charge in [-0.1, -0.05) is 0 Å². The highest BCUT2D eigenvalue weighted by molar-refractivity contribution is 7.89. The van der Waals surface area contributed by atoms with Crippen molar-refractivity contribution < 1.29 is 8.42 Å². The summed E-state index contributed by atoms with van der Waals surface area (Å²) in [6.45, 7) is 9.18. The average Bonchev–Trinajstić information content (AvgIpc) is 2.27. The monoisotopic (exact) mass is 277 g/mol. The van der Waals surface area contributed by atoms with E-state index in [1.807, 2.05) is 0 Å². The van der Waals surface area contributed by atoms with E-state index in [1.54, 1.807) is 11.2 Å². The minimum atomic E-state index is -3.05. The topological polar surface area (TPSA) is 43.9 Å². The predicted molar refractivity (Wildman–Crippen MR) is 75.2 cm³/mol. The molecule has 0 amide bonds. The maximum atomic E-state index is 11.9. The maximum absolute atomic E-state index is 11.9. The molecular formula is C12H27N3O2S. The third-order valence-electron chi connectivity index (χ3n) is 3.63. The van der Waals surface area contributed by atoms with Crippen molar-refractivity contribution in [1.29, 1.82) is 0 Å². The van der Waals surface area contributed by atoms with E-state index in [4.69, 9.17) is 0 Å². The molecule has 1 aliphatic rings. The Morgan fingerprint density at radius 3 is 2.06 bits per heavy atom. The Balaban J connectivity index is 2.65. The quantitative estimate of drug-likeness (QED) is 0.725. The molecule has 18 heavy (non-hydrogen) atoms. The van der Waals surface area contributed by atoms with Crippen LogP contribution < -0.4 is 0 Å². The van der Waals surface area contributed by atoms with Gasteiger partial charge in [0.15, 0.2) is 0 Å². The van der Waals surface area contributed by atoms with Crippen LogP contribution in [0.1, 0.15) is 20.8 Å². The Morgan fingerprint density at radius 2 is 1.67 bits per heavy atom. The van der Waals surface area contributed by atoms with Gasteiger partial charge in [0.2, 0.25) is 10.0 Å². The summed E-state index contributed by atoms with van der Waals surface area (Å²) in [5.74, 6) is 0.199. The van der Waals surface area contributed by atoms with Crippen molar-refractivity contribution in [2.45, 2.75) is 32.9 Å². The molecule has 0 spiro atoms. The summed E-state index contributed by atoms with van der Waals surface area (Å²) in [4.78, 5) is 4.57. The lowest BCUT2D eigenvalue weighted by Gasteiger charge is -2.44. The molecule has 1 saturated heterocycles. The Hall–Kier alpha value is -0.170. The van der Waals surface area contributed by atoms with Crippen LogP contribution >= 0.6 is 0 Å². The highest BCUT2D eigenvalue weighted by atomic mass is 32.2. The van der Waals surface area contributed by atoms with Crippen LogP contribution in [0.4, 0.5) is 0 Å². The lowest BCUT2D eigenvalue weighted by atomic mass is 10.1. The van der Waals surface area contributed by atoms with E-state index in [-0.39, 0.29) is 17.8 Å². The van der Waals surface area contributed by atoms with Gasteiger partial charge in [-0.2, -0.15) is 4.31 Å². The van der Waals surface area contributed by atoms with E-state index < -0.39 is 10.0 Å². The molecule has 0 N–H and O–H groups in total. The van der Waals surface area contributed by atoms with Crippen molar-refractivity contribution in [2.24, 2.45) is 0 Å². The molecule has 1 rings (SSSR count). The van der Waals surface area contributed by atoms with E-state index in [9.17, 15) is 8.42 Å². The molecule has 0 bridgehead atoms. The fraction of sp³-hybridized carbons (Fsp3) is 1.00. The van der Waals surface area contributed by atoms with E-state index in [0.717, 1.165) is 13.1 Å². The van der Waals surface area contributed by atoms with Crippen LogP contribution in [0.3, 0.4) is 0 Å². The minimum absolute atomic E-state index is 0.199. The molecule has 1 fully saturated rings. The number of rotatable bonds is 5. The summed E-state index contributed by atoms with van der Waals surface area (Å²) >= 11 is 0. The van der Waals surface area contributed by atoms with Gasteiger partial charge in [-0.25, -0.2) is 8.42 Å². The number of hydrogen-bond acceptors (Lipinski definition) is 4. The SMILES string of the molecule is CCS(=O)(=O)N1CC(C)N(CCN(C)C)C(C)C1. The smallest absolute Gasteiger partial charge is 0.213 e. The fourth-order valence-electron chi connectivity index (χ4n) is 2.47. The first kappa shape index (κ1) is 15.9. The summed E-state index contributed by atoms with van der Waals surface area (Å²) in [5, 5.41) is 0. The summed E-state index contributed by atoms with van der Waals surface area (Å²) in [5.41, 5.74) is 0. The molecule has 0 aromatic carbocycles. The second-order valence-corrected chi connectivity index (χ2v) is 7.71. The molecule has 1 heterocycles. The average molecular weight is 277 g/mol. The first-order valence-corrected chi connectivity index (χ1v) is 8.27. The van der Waals surface area contributed by atoms with Crippen molar-refractivity contribution in [3.05, 3.63) is 0 Å². The van der Waals surface area contributed by atoms with Crippen LogP contribution in [0, 0.1) is 0 Å². The van der Waals surface area contributed by atoms with Crippen LogP contribution in [0.5, 0.6) is 0 Å². The molecule has 108 valence electrons. The van der Waals surface area contributed by atoms with Crippen molar-refractivity contribution in [1.82, 2.24) is 14.1 Å². The summed E-state index contributed by atoms with van der Waals surface area (Å²) in [6, 6.07) is 0.574. The highest BCUT2D eigenvalue weighted by Crippen LogP contribution is 2.18. The van der Waals surface area contributed by atoms with Gasteiger partial charge in [0.05, 0.1) is 5.75 Å². The highest BCUT2D eigenvalue weighted by Gasteiger charge is 2.34. The van der Waals surface area contributed by atoms with Gasteiger partial charge in [-0.15, -0.1) is 0 Å². The molecule has 0 aromatic rings. The summed E-state index contributed by atoms with van der Waals surface area (Å²) in [7, 11) is 1.08. The molecule has 6 heteroatoms. The molecular weight excluding hydrogens is 250 g/mol. The molecule has 1 aliphatic heterocycles. The molecule has 0 saturated carbocycles. The Bertz CT molecular complexity index is 344. The van der Waals surface area contributed by atoms with Crippen molar-refractivity contribution in [3.63, 3.8) is 0 Å². The molecule has 2 atom stereocenters. The van der Waals surface area contributed by atoms with Crippen molar-refractivity contribution >= 4 is 10.0 Å². The van der Waals surface area contributed by atoms with Gasteiger partial charge in [-0.05, 0) is 34.9 Å². The van der Waals surface area contributed by atoms with E-state index in [2.05, 4.69) is 37.7 Å². The zero-order chi connectivity index (χ0) is 13.9. The second-order valence-electron chi connectivity index (χ2n) is 5.46. The number of likely N-dealkylation sites (N-methyl/N-ethyl adjacent to an activating group) is 1. The second kappa shape index (κ2) is 6.32. The van der Waals surface area contributed by atoms with E-state index in [0.29, 0.717) is 13.1 Å². The molecule has 0 radical (unpaired) electrons. The maximum Gasteiger partial charge on any atom is 0.213 e. The number of hydrogen-bond donors (Lipinski definition) is 0. The third kappa shape index (κ3) is 3.91. The standard InChI is InChI=1S/C12H27N3O2S/c1-6-18(16,17)14-9-11(2)15(12(3)10-14)8-7-13(4)5/h11-12H,6-10H2,1-5H3. The normalized spacial score (nSPS) is 27.9. The van der Waals surface area contributed by atoms with Gasteiger partial charge in [0, 0.05) is 38.3 Å². The van der Waals surface area contributed by atoms with Gasteiger partial charge in [0.25, 0.3) is 0 Å². The zero-order valence-electron chi connectivity index (χ0n) is 12.3. The molecule has 5 nitrogen and oxygen atoms in total. The molecule has 0 aliphatic carbocycles. The number of sulfonamides is 1. The van der Waals surface area contributed by atoms with Crippen LogP contribution in [-0.4, -0.2) is 80.6 Å². The molecule has 0 aromatic heterocycles. The largest absolute Gasteiger partial charge is 0.308 e. The Labute approximate surface area is 112 Å². The first-order valence-electron chi connectivity index (χ1n) is 6.66. The zero-order valence-corrected chi connectivity index (χ0v) is 13.1. The summed E-state index contributed by atoms with van der Waals surface area (Å²) < 4.78 is 25.5. The van der Waals surface area contributed by atoms with Gasteiger partial charge in [0.1, 0.15) is 0 Å². The number of piperazine rings is 1. The third-order valence-corrected chi connectivity index (χ3v) is 5.45.